The molecular weight excluding hydrogens is 466 g/mol. The molecule has 0 radical (unpaired) electrons. The molecule has 186 valence electrons. The molecule has 8 heteroatoms. The molecule has 0 saturated carbocycles. The SMILES string of the molecule is Cc1[nH]cnc1/C=C1\C(=O)Nc2cc(CCCNC(=O)c3cccn(Cc4ccccc4)c3=O)ccc21. The Bertz CT molecular complexity index is 1550. The molecule has 2 amide bonds. The monoisotopic (exact) mass is 493 g/mol. The van der Waals surface area contributed by atoms with Crippen molar-refractivity contribution in [2.75, 3.05) is 11.9 Å². The van der Waals surface area contributed by atoms with Gasteiger partial charge in [-0.05, 0) is 55.2 Å². The molecule has 2 aromatic carbocycles. The van der Waals surface area contributed by atoms with Crippen LogP contribution in [0.2, 0.25) is 0 Å². The van der Waals surface area contributed by atoms with Crippen LogP contribution in [0.3, 0.4) is 0 Å². The summed E-state index contributed by atoms with van der Waals surface area (Å²) in [6.07, 6.45) is 6.50. The Morgan fingerprint density at radius 1 is 1.05 bits per heavy atom. The number of H-pyrrole nitrogens is 1. The number of nitrogens with zero attached hydrogens (tertiary/aromatic N) is 2. The number of imidazole rings is 1. The van der Waals surface area contributed by atoms with Gasteiger partial charge in [0, 0.05) is 29.7 Å². The number of benzene rings is 2. The highest BCUT2D eigenvalue weighted by Gasteiger charge is 2.24. The quantitative estimate of drug-likeness (QED) is 0.256. The van der Waals surface area contributed by atoms with Crippen LogP contribution in [0.4, 0.5) is 5.69 Å². The number of aromatic nitrogens is 3. The number of hydrogen-bond donors (Lipinski definition) is 3. The molecule has 0 bridgehead atoms. The number of carbonyl (C=O) groups excluding carboxylic acids is 2. The summed E-state index contributed by atoms with van der Waals surface area (Å²) in [4.78, 5) is 45.3. The lowest BCUT2D eigenvalue weighted by Crippen LogP contribution is -2.33. The lowest BCUT2D eigenvalue weighted by molar-refractivity contribution is -0.110. The Morgan fingerprint density at radius 2 is 1.89 bits per heavy atom. The van der Waals surface area contributed by atoms with E-state index in [-0.39, 0.29) is 22.9 Å². The van der Waals surface area contributed by atoms with Gasteiger partial charge in [0.15, 0.2) is 0 Å². The third-order valence-corrected chi connectivity index (χ3v) is 6.41. The summed E-state index contributed by atoms with van der Waals surface area (Å²) in [7, 11) is 0. The molecule has 0 fully saturated rings. The van der Waals surface area contributed by atoms with Crippen molar-refractivity contribution in [1.29, 1.82) is 0 Å². The highest BCUT2D eigenvalue weighted by molar-refractivity contribution is 6.34. The van der Waals surface area contributed by atoms with Crippen molar-refractivity contribution in [2.24, 2.45) is 0 Å². The predicted molar refractivity (Wildman–Crippen MR) is 143 cm³/mol. The molecule has 0 aliphatic carbocycles. The predicted octanol–water partition coefficient (Wildman–Crippen LogP) is 3.78. The molecule has 1 aliphatic heterocycles. The maximum absolute atomic E-state index is 12.8. The number of hydrogen-bond acceptors (Lipinski definition) is 4. The molecule has 5 rings (SSSR count). The van der Waals surface area contributed by atoms with Gasteiger partial charge in [0.05, 0.1) is 24.1 Å². The van der Waals surface area contributed by atoms with E-state index >= 15 is 0 Å². The molecule has 4 aromatic rings. The minimum absolute atomic E-state index is 0.130. The molecule has 1 aliphatic rings. The highest BCUT2D eigenvalue weighted by Crippen LogP contribution is 2.34. The van der Waals surface area contributed by atoms with Crippen molar-refractivity contribution < 1.29 is 9.59 Å². The van der Waals surface area contributed by atoms with E-state index < -0.39 is 0 Å². The Hall–Kier alpha value is -4.72. The maximum Gasteiger partial charge on any atom is 0.263 e. The highest BCUT2D eigenvalue weighted by atomic mass is 16.2. The smallest absolute Gasteiger partial charge is 0.263 e. The zero-order valence-electron chi connectivity index (χ0n) is 20.5. The van der Waals surface area contributed by atoms with E-state index in [4.69, 9.17) is 0 Å². The number of aromatic amines is 1. The van der Waals surface area contributed by atoms with Crippen LogP contribution >= 0.6 is 0 Å². The first-order valence-corrected chi connectivity index (χ1v) is 12.2. The standard InChI is InChI=1S/C29H27N5O3/c1-19-25(32-18-31-19)16-24-22-12-11-20(15-26(22)33-28(24)36)9-5-13-30-27(35)23-10-6-14-34(29(23)37)17-21-7-3-2-4-8-21/h2-4,6-8,10-12,14-16,18H,5,9,13,17H2,1H3,(H,30,35)(H,31,32)(H,33,36)/b24-16-. The van der Waals surface area contributed by atoms with Gasteiger partial charge in [-0.3, -0.25) is 14.4 Å². The fourth-order valence-electron chi connectivity index (χ4n) is 4.40. The Kier molecular flexibility index (Phi) is 6.81. The van der Waals surface area contributed by atoms with Crippen molar-refractivity contribution in [3.8, 4) is 0 Å². The van der Waals surface area contributed by atoms with Crippen LogP contribution in [0.5, 0.6) is 0 Å². The van der Waals surface area contributed by atoms with Crippen molar-refractivity contribution in [1.82, 2.24) is 19.9 Å². The molecule has 0 unspecified atom stereocenters. The van der Waals surface area contributed by atoms with Gasteiger partial charge < -0.3 is 20.2 Å². The Labute approximate surface area is 214 Å². The first kappa shape index (κ1) is 24.0. The lowest BCUT2D eigenvalue weighted by atomic mass is 10.0. The first-order chi connectivity index (χ1) is 18.0. The number of fused-ring (bicyclic) bond motifs is 1. The van der Waals surface area contributed by atoms with E-state index in [9.17, 15) is 14.4 Å². The van der Waals surface area contributed by atoms with E-state index in [1.807, 2.05) is 55.5 Å². The van der Waals surface area contributed by atoms with Crippen molar-refractivity contribution in [3.05, 3.63) is 117 Å². The van der Waals surface area contributed by atoms with Crippen molar-refractivity contribution >= 4 is 29.2 Å². The van der Waals surface area contributed by atoms with Crippen LogP contribution in [-0.2, 0) is 17.8 Å². The molecular formula is C29H27N5O3. The lowest BCUT2D eigenvalue weighted by Gasteiger charge is -2.09. The molecule has 37 heavy (non-hydrogen) atoms. The summed E-state index contributed by atoms with van der Waals surface area (Å²) >= 11 is 0. The summed E-state index contributed by atoms with van der Waals surface area (Å²) < 4.78 is 1.54. The average molecular weight is 494 g/mol. The zero-order valence-corrected chi connectivity index (χ0v) is 20.5. The molecule has 3 N–H and O–H groups in total. The zero-order chi connectivity index (χ0) is 25.8. The van der Waals surface area contributed by atoms with Crippen LogP contribution in [0.25, 0.3) is 11.6 Å². The van der Waals surface area contributed by atoms with Gasteiger partial charge in [0.1, 0.15) is 5.56 Å². The second-order valence-electron chi connectivity index (χ2n) is 9.00. The van der Waals surface area contributed by atoms with E-state index in [1.165, 1.54) is 0 Å². The second-order valence-corrected chi connectivity index (χ2v) is 9.00. The molecule has 2 aromatic heterocycles. The Balaban J connectivity index is 1.18. The van der Waals surface area contributed by atoms with Gasteiger partial charge in [-0.15, -0.1) is 0 Å². The van der Waals surface area contributed by atoms with Gasteiger partial charge in [-0.1, -0.05) is 42.5 Å². The number of carbonyl (C=O) groups is 2. The number of pyridine rings is 1. The summed E-state index contributed by atoms with van der Waals surface area (Å²) in [5.74, 6) is -0.528. The van der Waals surface area contributed by atoms with Gasteiger partial charge in [-0.25, -0.2) is 4.98 Å². The fraction of sp³-hybridized carbons (Fsp3) is 0.172. The van der Waals surface area contributed by atoms with E-state index in [0.717, 1.165) is 33.8 Å². The fourth-order valence-corrected chi connectivity index (χ4v) is 4.40. The minimum Gasteiger partial charge on any atom is -0.352 e. The normalized spacial score (nSPS) is 13.4. The van der Waals surface area contributed by atoms with Gasteiger partial charge in [-0.2, -0.15) is 0 Å². The number of amides is 2. The maximum atomic E-state index is 12.8. The molecule has 8 nitrogen and oxygen atoms in total. The summed E-state index contributed by atoms with van der Waals surface area (Å²) in [5, 5.41) is 5.78. The molecule has 0 saturated heterocycles. The van der Waals surface area contributed by atoms with Gasteiger partial charge >= 0.3 is 0 Å². The molecule has 0 spiro atoms. The first-order valence-electron chi connectivity index (χ1n) is 12.2. The van der Waals surface area contributed by atoms with Crippen LogP contribution in [0, 0.1) is 6.92 Å². The third-order valence-electron chi connectivity index (χ3n) is 6.41. The van der Waals surface area contributed by atoms with Crippen LogP contribution in [0.15, 0.2) is 78.0 Å². The molecule has 0 atom stereocenters. The van der Waals surface area contributed by atoms with Crippen LogP contribution < -0.4 is 16.2 Å². The van der Waals surface area contributed by atoms with Crippen LogP contribution in [0.1, 0.15) is 44.9 Å². The van der Waals surface area contributed by atoms with E-state index in [0.29, 0.717) is 31.5 Å². The Morgan fingerprint density at radius 3 is 2.68 bits per heavy atom. The number of anilines is 1. The summed E-state index contributed by atoms with van der Waals surface area (Å²) in [5.41, 5.74) is 5.71. The van der Waals surface area contributed by atoms with Gasteiger partial charge in [0.2, 0.25) is 0 Å². The van der Waals surface area contributed by atoms with Crippen molar-refractivity contribution in [2.45, 2.75) is 26.3 Å². The summed E-state index contributed by atoms with van der Waals surface area (Å²) in [6.45, 7) is 2.75. The van der Waals surface area contributed by atoms with E-state index in [2.05, 4.69) is 20.6 Å². The molecule has 3 heterocycles. The second kappa shape index (κ2) is 10.5. The summed E-state index contributed by atoms with van der Waals surface area (Å²) in [6, 6.07) is 18.8. The van der Waals surface area contributed by atoms with Crippen LogP contribution in [-0.4, -0.2) is 32.9 Å². The average Bonchev–Trinajstić information content (AvgIpc) is 3.45. The number of nitrogens with one attached hydrogen (secondary N) is 3. The largest absolute Gasteiger partial charge is 0.352 e. The minimum atomic E-state index is -0.378. The topological polar surface area (TPSA) is 109 Å². The third kappa shape index (κ3) is 5.28. The number of aryl methyl sites for hydroxylation is 2. The van der Waals surface area contributed by atoms with Gasteiger partial charge in [0.25, 0.3) is 17.4 Å². The van der Waals surface area contributed by atoms with E-state index in [1.54, 1.807) is 35.3 Å². The van der Waals surface area contributed by atoms with Crippen molar-refractivity contribution in [3.63, 3.8) is 0 Å². The number of rotatable bonds is 8.